The topological polar surface area (TPSA) is 66.8 Å². The van der Waals surface area contributed by atoms with E-state index in [2.05, 4.69) is 0 Å². The van der Waals surface area contributed by atoms with Gasteiger partial charge in [0, 0.05) is 12.1 Å². The molecule has 1 atom stereocenters. The predicted molar refractivity (Wildman–Crippen MR) is 94.1 cm³/mol. The molecule has 0 radical (unpaired) electrons. The second-order valence-corrected chi connectivity index (χ2v) is 6.33. The van der Waals surface area contributed by atoms with Crippen LogP contribution in [0.2, 0.25) is 0 Å². The molecule has 130 valence electrons. The molecule has 1 saturated heterocycles. The Balaban J connectivity index is 1.92. The highest BCUT2D eigenvalue weighted by molar-refractivity contribution is 5.98. The molecule has 1 aliphatic heterocycles. The fourth-order valence-corrected chi connectivity index (χ4v) is 3.40. The number of aryl methyl sites for hydroxylation is 1. The highest BCUT2D eigenvalue weighted by atomic mass is 16.5. The molecule has 0 aliphatic carbocycles. The van der Waals surface area contributed by atoms with E-state index >= 15 is 0 Å². The molecule has 0 bridgehead atoms. The summed E-state index contributed by atoms with van der Waals surface area (Å²) in [4.78, 5) is 26.1. The second kappa shape index (κ2) is 6.97. The van der Waals surface area contributed by atoms with Crippen molar-refractivity contribution in [3.63, 3.8) is 0 Å². The molecule has 5 nitrogen and oxygen atoms in total. The van der Waals surface area contributed by atoms with Crippen LogP contribution in [-0.2, 0) is 0 Å². The first-order chi connectivity index (χ1) is 12.0. The molecule has 1 fully saturated rings. The third kappa shape index (κ3) is 3.50. The van der Waals surface area contributed by atoms with Gasteiger partial charge in [0.15, 0.2) is 0 Å². The van der Waals surface area contributed by atoms with Crippen LogP contribution in [0.25, 0.3) is 0 Å². The Morgan fingerprint density at radius 3 is 2.64 bits per heavy atom. The van der Waals surface area contributed by atoms with Gasteiger partial charge in [-0.25, -0.2) is 4.79 Å². The average molecular weight is 339 g/mol. The van der Waals surface area contributed by atoms with Crippen molar-refractivity contribution in [1.82, 2.24) is 4.90 Å². The number of carboxylic acid groups (broad SMARTS) is 1. The van der Waals surface area contributed by atoms with E-state index in [1.165, 1.54) is 6.07 Å². The minimum atomic E-state index is -1.02. The van der Waals surface area contributed by atoms with Crippen molar-refractivity contribution in [3.8, 4) is 5.75 Å². The molecule has 0 saturated carbocycles. The molecule has 1 amide bonds. The van der Waals surface area contributed by atoms with E-state index in [1.807, 2.05) is 29.2 Å². The van der Waals surface area contributed by atoms with Crippen molar-refractivity contribution in [3.05, 3.63) is 64.7 Å². The maximum atomic E-state index is 13.0. The maximum Gasteiger partial charge on any atom is 0.335 e. The number of aromatic carboxylic acids is 1. The van der Waals surface area contributed by atoms with Gasteiger partial charge in [0.1, 0.15) is 5.75 Å². The third-order valence-electron chi connectivity index (χ3n) is 4.56. The van der Waals surface area contributed by atoms with Gasteiger partial charge in [-0.1, -0.05) is 12.1 Å². The number of hydrogen-bond acceptors (Lipinski definition) is 3. The van der Waals surface area contributed by atoms with Gasteiger partial charge in [-0.05, 0) is 61.2 Å². The number of carbonyl (C=O) groups excluding carboxylic acids is 1. The van der Waals surface area contributed by atoms with E-state index in [1.54, 1.807) is 26.2 Å². The lowest BCUT2D eigenvalue weighted by Gasteiger charge is -2.25. The zero-order valence-electron chi connectivity index (χ0n) is 14.4. The molecule has 1 aliphatic rings. The summed E-state index contributed by atoms with van der Waals surface area (Å²) in [5.74, 6) is -0.388. The van der Waals surface area contributed by atoms with Gasteiger partial charge in [-0.15, -0.1) is 0 Å². The number of hydrogen-bond donors (Lipinski definition) is 1. The van der Waals surface area contributed by atoms with Crippen LogP contribution in [0.5, 0.6) is 5.75 Å². The zero-order chi connectivity index (χ0) is 18.0. The van der Waals surface area contributed by atoms with Crippen LogP contribution in [0.3, 0.4) is 0 Å². The smallest absolute Gasteiger partial charge is 0.335 e. The predicted octanol–water partition coefficient (Wildman–Crippen LogP) is 3.68. The zero-order valence-corrected chi connectivity index (χ0v) is 14.4. The highest BCUT2D eigenvalue weighted by Crippen LogP contribution is 2.34. The lowest BCUT2D eigenvalue weighted by Crippen LogP contribution is -2.30. The van der Waals surface area contributed by atoms with E-state index in [0.29, 0.717) is 12.1 Å². The van der Waals surface area contributed by atoms with Crippen molar-refractivity contribution in [2.75, 3.05) is 13.7 Å². The van der Waals surface area contributed by atoms with Crippen LogP contribution in [0.1, 0.15) is 50.7 Å². The van der Waals surface area contributed by atoms with Gasteiger partial charge in [0.2, 0.25) is 0 Å². The molecule has 0 spiro atoms. The van der Waals surface area contributed by atoms with E-state index in [0.717, 1.165) is 29.7 Å². The summed E-state index contributed by atoms with van der Waals surface area (Å²) in [5, 5.41) is 9.23. The SMILES string of the molecule is COc1cccc(C2CCCN2C(=O)c2cc(C)cc(C(=O)O)c2)c1. The quantitative estimate of drug-likeness (QED) is 0.923. The number of likely N-dealkylation sites (tertiary alicyclic amines) is 1. The summed E-state index contributed by atoms with van der Waals surface area (Å²) >= 11 is 0. The first-order valence-corrected chi connectivity index (χ1v) is 8.29. The summed E-state index contributed by atoms with van der Waals surface area (Å²) in [6.45, 7) is 2.46. The minimum Gasteiger partial charge on any atom is -0.497 e. The summed E-state index contributed by atoms with van der Waals surface area (Å²) in [6.07, 6.45) is 1.81. The first-order valence-electron chi connectivity index (χ1n) is 8.29. The van der Waals surface area contributed by atoms with E-state index in [9.17, 15) is 14.7 Å². The van der Waals surface area contributed by atoms with Crippen molar-refractivity contribution < 1.29 is 19.4 Å². The molecule has 1 unspecified atom stereocenters. The summed E-state index contributed by atoms with van der Waals surface area (Å²) in [5.41, 5.74) is 2.37. The van der Waals surface area contributed by atoms with Crippen LogP contribution in [0, 0.1) is 6.92 Å². The van der Waals surface area contributed by atoms with Crippen molar-refractivity contribution in [2.24, 2.45) is 0 Å². The Hall–Kier alpha value is -2.82. The number of nitrogens with zero attached hydrogens (tertiary/aromatic N) is 1. The van der Waals surface area contributed by atoms with E-state index in [4.69, 9.17) is 4.74 Å². The maximum absolute atomic E-state index is 13.0. The fraction of sp³-hybridized carbons (Fsp3) is 0.300. The number of rotatable bonds is 4. The largest absolute Gasteiger partial charge is 0.497 e. The van der Waals surface area contributed by atoms with E-state index < -0.39 is 5.97 Å². The van der Waals surface area contributed by atoms with Crippen molar-refractivity contribution >= 4 is 11.9 Å². The van der Waals surface area contributed by atoms with E-state index in [-0.39, 0.29) is 17.5 Å². The molecule has 1 heterocycles. The molecule has 3 rings (SSSR count). The summed E-state index contributed by atoms with van der Waals surface area (Å²) in [6, 6.07) is 12.5. The third-order valence-corrected chi connectivity index (χ3v) is 4.56. The number of methoxy groups -OCH3 is 1. The molecular formula is C20H21NO4. The van der Waals surface area contributed by atoms with Gasteiger partial charge in [-0.2, -0.15) is 0 Å². The Kier molecular flexibility index (Phi) is 4.74. The minimum absolute atomic E-state index is 0.0172. The lowest BCUT2D eigenvalue weighted by molar-refractivity contribution is 0.0696. The van der Waals surface area contributed by atoms with Crippen LogP contribution < -0.4 is 4.74 Å². The van der Waals surface area contributed by atoms with Crippen LogP contribution in [-0.4, -0.2) is 35.5 Å². The van der Waals surface area contributed by atoms with Crippen molar-refractivity contribution in [2.45, 2.75) is 25.8 Å². The Bertz CT molecular complexity index is 815. The summed E-state index contributed by atoms with van der Waals surface area (Å²) < 4.78 is 5.28. The van der Waals surface area contributed by atoms with Crippen LogP contribution in [0.4, 0.5) is 0 Å². The van der Waals surface area contributed by atoms with Crippen molar-refractivity contribution in [1.29, 1.82) is 0 Å². The molecule has 25 heavy (non-hydrogen) atoms. The van der Waals surface area contributed by atoms with Crippen LogP contribution >= 0.6 is 0 Å². The Morgan fingerprint density at radius 2 is 1.92 bits per heavy atom. The highest BCUT2D eigenvalue weighted by Gasteiger charge is 2.31. The summed E-state index contributed by atoms with van der Waals surface area (Å²) in [7, 11) is 1.62. The normalized spacial score (nSPS) is 16.7. The van der Waals surface area contributed by atoms with Gasteiger partial charge < -0.3 is 14.7 Å². The first kappa shape index (κ1) is 17.0. The fourth-order valence-electron chi connectivity index (χ4n) is 3.40. The molecule has 0 aromatic heterocycles. The Morgan fingerprint density at radius 1 is 1.16 bits per heavy atom. The molecule has 5 heteroatoms. The number of benzene rings is 2. The molecule has 1 N–H and O–H groups in total. The average Bonchev–Trinajstić information content (AvgIpc) is 3.10. The monoisotopic (exact) mass is 339 g/mol. The standard InChI is InChI=1S/C20H21NO4/c1-13-9-15(11-16(10-13)20(23)24)19(22)21-8-4-7-18(21)14-5-3-6-17(12-14)25-2/h3,5-6,9-12,18H,4,7-8H2,1-2H3,(H,23,24). The number of ether oxygens (including phenoxy) is 1. The number of amides is 1. The Labute approximate surface area is 146 Å². The molecule has 2 aromatic carbocycles. The molecular weight excluding hydrogens is 318 g/mol. The number of carbonyl (C=O) groups is 2. The van der Waals surface area contributed by atoms with Crippen LogP contribution in [0.15, 0.2) is 42.5 Å². The number of carboxylic acids is 1. The van der Waals surface area contributed by atoms with Gasteiger partial charge >= 0.3 is 5.97 Å². The lowest BCUT2D eigenvalue weighted by atomic mass is 10.0. The second-order valence-electron chi connectivity index (χ2n) is 6.33. The van der Waals surface area contributed by atoms with Gasteiger partial charge in [0.25, 0.3) is 5.91 Å². The molecule has 2 aromatic rings. The van der Waals surface area contributed by atoms with Gasteiger partial charge in [-0.3, -0.25) is 4.79 Å². The van der Waals surface area contributed by atoms with Gasteiger partial charge in [0.05, 0.1) is 18.7 Å².